The quantitative estimate of drug-likeness (QED) is 0.336. The van der Waals surface area contributed by atoms with E-state index in [-0.39, 0.29) is 11.4 Å². The molecule has 0 unspecified atom stereocenters. The van der Waals surface area contributed by atoms with Crippen LogP contribution in [0.5, 0.6) is 0 Å². The van der Waals surface area contributed by atoms with Gasteiger partial charge in [-0.3, -0.25) is 19.7 Å². The number of non-ortho nitro benzene ring substituents is 1. The van der Waals surface area contributed by atoms with E-state index in [1.165, 1.54) is 18.2 Å². The van der Waals surface area contributed by atoms with E-state index in [1.54, 1.807) is 54.6 Å². The first-order valence-corrected chi connectivity index (χ1v) is 9.88. The number of benzene rings is 2. The van der Waals surface area contributed by atoms with Crippen molar-refractivity contribution < 1.29 is 18.9 Å². The summed E-state index contributed by atoms with van der Waals surface area (Å²) in [7, 11) is 0. The Morgan fingerprint density at radius 3 is 2.22 bits per heavy atom. The fraction of sp³-hybridized carbons (Fsp3) is 0.167. The lowest BCUT2D eigenvalue weighted by atomic mass is 10.1. The fourth-order valence-electron chi connectivity index (χ4n) is 2.83. The molecule has 0 saturated heterocycles. The number of hydrogen-bond acceptors (Lipinski definition) is 5. The van der Waals surface area contributed by atoms with Crippen LogP contribution in [0.3, 0.4) is 0 Å². The highest BCUT2D eigenvalue weighted by atomic mass is 16.6. The first-order valence-electron chi connectivity index (χ1n) is 9.88. The Balaban J connectivity index is 1.88. The maximum absolute atomic E-state index is 12.8. The number of carbonyl (C=O) groups is 2. The van der Waals surface area contributed by atoms with Crippen molar-refractivity contribution in [1.29, 1.82) is 0 Å². The second kappa shape index (κ2) is 9.30. The monoisotopic (exact) mass is 433 g/mol. The van der Waals surface area contributed by atoms with Gasteiger partial charge in [0.1, 0.15) is 17.2 Å². The number of carbonyl (C=O) groups excluding carboxylic acids is 2. The molecule has 3 rings (SSSR count). The van der Waals surface area contributed by atoms with Gasteiger partial charge < -0.3 is 15.1 Å². The third kappa shape index (κ3) is 5.91. The van der Waals surface area contributed by atoms with E-state index in [0.29, 0.717) is 22.6 Å². The second-order valence-corrected chi connectivity index (χ2v) is 8.09. The number of nitro groups is 1. The smallest absolute Gasteiger partial charge is 0.269 e. The molecular formula is C24H23N3O5. The summed E-state index contributed by atoms with van der Waals surface area (Å²) in [6.45, 7) is 5.50. The molecule has 1 heterocycles. The number of rotatable bonds is 6. The molecule has 3 aromatic rings. The highest BCUT2D eigenvalue weighted by molar-refractivity contribution is 6.05. The average molecular weight is 433 g/mol. The minimum absolute atomic E-state index is 0.0230. The summed E-state index contributed by atoms with van der Waals surface area (Å²) < 4.78 is 5.79. The minimum atomic E-state index is -0.513. The molecule has 8 heteroatoms. The molecule has 0 fully saturated rings. The predicted molar refractivity (Wildman–Crippen MR) is 121 cm³/mol. The van der Waals surface area contributed by atoms with Gasteiger partial charge in [-0.1, -0.05) is 18.2 Å². The lowest BCUT2D eigenvalue weighted by Crippen LogP contribution is -2.44. The molecule has 32 heavy (non-hydrogen) atoms. The van der Waals surface area contributed by atoms with E-state index in [2.05, 4.69) is 10.6 Å². The molecule has 0 atom stereocenters. The summed E-state index contributed by atoms with van der Waals surface area (Å²) in [6, 6.07) is 17.8. The molecule has 8 nitrogen and oxygen atoms in total. The summed E-state index contributed by atoms with van der Waals surface area (Å²) in [5, 5.41) is 16.3. The molecule has 0 saturated carbocycles. The zero-order valence-electron chi connectivity index (χ0n) is 17.9. The molecule has 2 aromatic carbocycles. The van der Waals surface area contributed by atoms with Crippen molar-refractivity contribution in [2.75, 3.05) is 0 Å². The number of furan rings is 1. The van der Waals surface area contributed by atoms with Gasteiger partial charge in [-0.05, 0) is 57.2 Å². The summed E-state index contributed by atoms with van der Waals surface area (Å²) in [4.78, 5) is 35.8. The van der Waals surface area contributed by atoms with Crippen LogP contribution in [-0.4, -0.2) is 22.3 Å². The van der Waals surface area contributed by atoms with Crippen LogP contribution in [0.25, 0.3) is 17.4 Å². The molecule has 1 aromatic heterocycles. The molecule has 164 valence electrons. The first kappa shape index (κ1) is 22.5. The Labute approximate surface area is 185 Å². The van der Waals surface area contributed by atoms with Gasteiger partial charge in [0, 0.05) is 34.9 Å². The maximum Gasteiger partial charge on any atom is 0.269 e. The number of amides is 2. The van der Waals surface area contributed by atoms with Crippen LogP contribution in [0.4, 0.5) is 5.69 Å². The predicted octanol–water partition coefficient (Wildman–Crippen LogP) is 4.54. The second-order valence-electron chi connectivity index (χ2n) is 8.09. The molecular weight excluding hydrogens is 410 g/mol. The van der Waals surface area contributed by atoms with Crippen molar-refractivity contribution in [1.82, 2.24) is 10.6 Å². The minimum Gasteiger partial charge on any atom is -0.457 e. The van der Waals surface area contributed by atoms with Gasteiger partial charge in [0.25, 0.3) is 17.5 Å². The van der Waals surface area contributed by atoms with Crippen molar-refractivity contribution in [3.8, 4) is 11.3 Å². The topological polar surface area (TPSA) is 114 Å². The number of nitrogens with one attached hydrogen (secondary N) is 2. The highest BCUT2D eigenvalue weighted by Gasteiger charge is 2.20. The number of hydrogen-bond donors (Lipinski definition) is 2. The highest BCUT2D eigenvalue weighted by Crippen LogP contribution is 2.25. The molecule has 2 N–H and O–H groups in total. The number of nitrogens with zero attached hydrogens (tertiary/aromatic N) is 1. The Morgan fingerprint density at radius 1 is 0.969 bits per heavy atom. The van der Waals surface area contributed by atoms with Crippen LogP contribution in [0, 0.1) is 10.1 Å². The Kier molecular flexibility index (Phi) is 6.53. The Morgan fingerprint density at radius 2 is 1.62 bits per heavy atom. The molecule has 0 radical (unpaired) electrons. The van der Waals surface area contributed by atoms with E-state index >= 15 is 0 Å². The third-order valence-electron chi connectivity index (χ3n) is 4.29. The van der Waals surface area contributed by atoms with Crippen molar-refractivity contribution in [3.05, 3.63) is 93.9 Å². The lowest BCUT2D eigenvalue weighted by Gasteiger charge is -2.21. The Bertz CT molecular complexity index is 1160. The number of nitro benzene ring substituents is 1. The summed E-state index contributed by atoms with van der Waals surface area (Å²) >= 11 is 0. The van der Waals surface area contributed by atoms with Crippen LogP contribution < -0.4 is 10.6 Å². The average Bonchev–Trinajstić information content (AvgIpc) is 3.21. The zero-order chi connectivity index (χ0) is 23.3. The van der Waals surface area contributed by atoms with Crippen LogP contribution in [-0.2, 0) is 4.79 Å². The summed E-state index contributed by atoms with van der Waals surface area (Å²) in [5.41, 5.74) is 0.543. The van der Waals surface area contributed by atoms with E-state index in [0.717, 1.165) is 0 Å². The lowest BCUT2D eigenvalue weighted by molar-refractivity contribution is -0.384. The van der Waals surface area contributed by atoms with Crippen LogP contribution in [0.15, 0.2) is 76.8 Å². The normalized spacial score (nSPS) is 11.7. The van der Waals surface area contributed by atoms with Crippen molar-refractivity contribution in [2.45, 2.75) is 26.3 Å². The van der Waals surface area contributed by atoms with Crippen molar-refractivity contribution in [2.24, 2.45) is 0 Å². The van der Waals surface area contributed by atoms with E-state index in [9.17, 15) is 19.7 Å². The Hall–Kier alpha value is -4.20. The van der Waals surface area contributed by atoms with E-state index < -0.39 is 22.3 Å². The van der Waals surface area contributed by atoms with Crippen LogP contribution in [0.1, 0.15) is 36.9 Å². The summed E-state index contributed by atoms with van der Waals surface area (Å²) in [6.07, 6.45) is 1.44. The van der Waals surface area contributed by atoms with Gasteiger partial charge in [0.05, 0.1) is 4.92 Å². The standard InChI is InChI=1S/C24H23N3O5/c1-24(2,3)26-23(29)20(25-22(28)17-7-5-4-6-8-17)15-19-13-14-21(32-19)16-9-11-18(12-10-16)27(30)31/h4-15H,1-3H3,(H,25,28)(H,26,29). The van der Waals surface area contributed by atoms with Crippen molar-refractivity contribution in [3.63, 3.8) is 0 Å². The largest absolute Gasteiger partial charge is 0.457 e. The first-order chi connectivity index (χ1) is 15.1. The van der Waals surface area contributed by atoms with Gasteiger partial charge >= 0.3 is 0 Å². The SMILES string of the molecule is CC(C)(C)NC(=O)C(=Cc1ccc(-c2ccc([N+](=O)[O-])cc2)o1)NC(=O)c1ccccc1. The van der Waals surface area contributed by atoms with Crippen LogP contribution >= 0.6 is 0 Å². The molecule has 0 aliphatic carbocycles. The van der Waals surface area contributed by atoms with Crippen LogP contribution in [0.2, 0.25) is 0 Å². The molecule has 0 aliphatic rings. The van der Waals surface area contributed by atoms with Gasteiger partial charge in [0.15, 0.2) is 0 Å². The zero-order valence-corrected chi connectivity index (χ0v) is 17.9. The van der Waals surface area contributed by atoms with Gasteiger partial charge in [-0.15, -0.1) is 0 Å². The molecule has 0 aliphatic heterocycles. The van der Waals surface area contributed by atoms with Gasteiger partial charge in [-0.25, -0.2) is 0 Å². The fourth-order valence-corrected chi connectivity index (χ4v) is 2.83. The van der Waals surface area contributed by atoms with Crippen molar-refractivity contribution >= 4 is 23.6 Å². The van der Waals surface area contributed by atoms with Gasteiger partial charge in [-0.2, -0.15) is 0 Å². The molecule has 0 bridgehead atoms. The van der Waals surface area contributed by atoms with Gasteiger partial charge in [0.2, 0.25) is 0 Å². The third-order valence-corrected chi connectivity index (χ3v) is 4.29. The molecule has 2 amide bonds. The van der Waals surface area contributed by atoms with E-state index in [1.807, 2.05) is 20.8 Å². The summed E-state index contributed by atoms with van der Waals surface area (Å²) in [5.74, 6) is -0.0833. The maximum atomic E-state index is 12.8. The molecule has 0 spiro atoms. The van der Waals surface area contributed by atoms with E-state index in [4.69, 9.17) is 4.42 Å².